The van der Waals surface area contributed by atoms with E-state index in [0.29, 0.717) is 36.4 Å². The molecule has 0 N–H and O–H groups in total. The maximum Gasteiger partial charge on any atom is 0.194 e. The Morgan fingerprint density at radius 1 is 0.341 bits per heavy atom. The third-order valence-electron chi connectivity index (χ3n) is 5.84. The lowest BCUT2D eigenvalue weighted by atomic mass is 10.0. The zero-order valence-electron chi connectivity index (χ0n) is 21.8. The summed E-state index contributed by atoms with van der Waals surface area (Å²) in [6.45, 7) is 0. The zero-order chi connectivity index (χ0) is 32.9. The quantitative estimate of drug-likeness (QED) is 0.113. The molecule has 0 heterocycles. The highest BCUT2D eigenvalue weighted by molar-refractivity contribution is 5.83. The predicted octanol–water partition coefficient (Wildman–Crippen LogP) is 7.75. The number of hydrogen-bond acceptors (Lipinski definition) is 2. The minimum atomic E-state index is -1.65. The van der Waals surface area contributed by atoms with E-state index in [1.807, 2.05) is 0 Å². The minimum Gasteiger partial charge on any atom is -0.299 e. The van der Waals surface area contributed by atoms with Crippen molar-refractivity contribution in [3.8, 4) is 0 Å². The van der Waals surface area contributed by atoms with E-state index in [1.54, 1.807) is 0 Å². The average molecular weight is 636 g/mol. The van der Waals surface area contributed by atoms with E-state index in [0.717, 1.165) is 0 Å². The highest BCUT2D eigenvalue weighted by atomic mass is 19.2. The van der Waals surface area contributed by atoms with Crippen molar-refractivity contribution in [1.82, 2.24) is 0 Å². The maximum atomic E-state index is 13.4. The number of halogens is 12. The van der Waals surface area contributed by atoms with Crippen molar-refractivity contribution in [2.45, 2.75) is 25.7 Å². The molecule has 0 amide bonds. The van der Waals surface area contributed by atoms with Crippen LogP contribution in [0.1, 0.15) is 22.3 Å². The van der Waals surface area contributed by atoms with Crippen LogP contribution in [0, 0.1) is 69.8 Å². The monoisotopic (exact) mass is 636 g/mol. The molecule has 4 rings (SSSR count). The van der Waals surface area contributed by atoms with Gasteiger partial charge in [0.25, 0.3) is 0 Å². The lowest BCUT2D eigenvalue weighted by Crippen LogP contribution is -2.10. The van der Waals surface area contributed by atoms with Crippen LogP contribution in [0.5, 0.6) is 0 Å². The molecule has 0 atom stereocenters. The number of benzene rings is 4. The van der Waals surface area contributed by atoms with Gasteiger partial charge in [-0.2, -0.15) is 0 Å². The summed E-state index contributed by atoms with van der Waals surface area (Å²) < 4.78 is 156. The van der Waals surface area contributed by atoms with Crippen molar-refractivity contribution in [3.05, 3.63) is 141 Å². The first-order valence-electron chi connectivity index (χ1n) is 12.1. The number of carbonyl (C=O) groups is 2. The van der Waals surface area contributed by atoms with E-state index in [2.05, 4.69) is 0 Å². The Bertz CT molecular complexity index is 1570. The van der Waals surface area contributed by atoms with Crippen LogP contribution >= 0.6 is 0 Å². The van der Waals surface area contributed by atoms with E-state index in [-0.39, 0.29) is 23.3 Å². The van der Waals surface area contributed by atoms with Crippen LogP contribution in [0.15, 0.2) is 48.5 Å². The summed E-state index contributed by atoms with van der Waals surface area (Å²) in [4.78, 5) is 23.4. The second kappa shape index (κ2) is 14.2. The molecule has 2 nitrogen and oxygen atoms in total. The third kappa shape index (κ3) is 8.71. The van der Waals surface area contributed by atoms with Gasteiger partial charge in [0.2, 0.25) is 0 Å². The first-order chi connectivity index (χ1) is 20.5. The lowest BCUT2D eigenvalue weighted by Gasteiger charge is -2.06. The molecule has 0 saturated heterocycles. The summed E-state index contributed by atoms with van der Waals surface area (Å²) in [5.74, 6) is -18.2. The van der Waals surface area contributed by atoms with Crippen LogP contribution < -0.4 is 0 Å². The van der Waals surface area contributed by atoms with Crippen molar-refractivity contribution < 1.29 is 62.3 Å². The number of hydrogen-bond donors (Lipinski definition) is 0. The van der Waals surface area contributed by atoms with Crippen LogP contribution in [0.3, 0.4) is 0 Å². The first-order valence-corrected chi connectivity index (χ1v) is 12.1. The molecule has 0 saturated carbocycles. The van der Waals surface area contributed by atoms with E-state index in [4.69, 9.17) is 0 Å². The van der Waals surface area contributed by atoms with Gasteiger partial charge in [0, 0.05) is 37.8 Å². The zero-order valence-corrected chi connectivity index (χ0v) is 21.8. The molecule has 0 aliphatic rings. The minimum absolute atomic E-state index is 0.121. The molecule has 232 valence electrons. The topological polar surface area (TPSA) is 34.1 Å². The molecule has 0 aromatic heterocycles. The average Bonchev–Trinajstić information content (AvgIpc) is 2.92. The summed E-state index contributed by atoms with van der Waals surface area (Å²) in [5.41, 5.74) is -1.06. The van der Waals surface area contributed by atoms with Crippen LogP contribution in [0.2, 0.25) is 0 Å². The predicted molar refractivity (Wildman–Crippen MR) is 130 cm³/mol. The largest absolute Gasteiger partial charge is 0.299 e. The molecule has 0 radical (unpaired) electrons. The van der Waals surface area contributed by atoms with Crippen LogP contribution in [0.4, 0.5) is 52.7 Å². The molecule has 44 heavy (non-hydrogen) atoms. The van der Waals surface area contributed by atoms with Crippen molar-refractivity contribution >= 4 is 11.6 Å². The Labute approximate surface area is 240 Å². The highest BCUT2D eigenvalue weighted by Gasteiger charge is 2.18. The second-order valence-corrected chi connectivity index (χ2v) is 9.25. The number of carbonyl (C=O) groups excluding carboxylic acids is 2. The van der Waals surface area contributed by atoms with Gasteiger partial charge in [-0.15, -0.1) is 0 Å². The summed E-state index contributed by atoms with van der Waals surface area (Å²) in [6, 6.07) is 4.23. The summed E-state index contributed by atoms with van der Waals surface area (Å²) in [5, 5.41) is 0. The molecule has 0 aliphatic carbocycles. The summed E-state index contributed by atoms with van der Waals surface area (Å²) in [7, 11) is 0. The van der Waals surface area contributed by atoms with Gasteiger partial charge >= 0.3 is 0 Å². The fourth-order valence-corrected chi connectivity index (χ4v) is 3.82. The highest BCUT2D eigenvalue weighted by Crippen LogP contribution is 2.19. The van der Waals surface area contributed by atoms with Gasteiger partial charge in [-0.1, -0.05) is 0 Å². The Kier molecular flexibility index (Phi) is 11.0. The molecule has 4 aromatic rings. The van der Waals surface area contributed by atoms with Gasteiger partial charge in [-0.3, -0.25) is 9.59 Å². The summed E-state index contributed by atoms with van der Waals surface area (Å²) in [6.07, 6.45) is -2.20. The second-order valence-electron chi connectivity index (χ2n) is 9.25. The smallest absolute Gasteiger partial charge is 0.194 e. The normalized spacial score (nSPS) is 10.8. The SMILES string of the molecule is O=C(Cc1cc(F)c(F)c(F)c1)Cc1cc(F)c(F)c(F)c1.O=C(Cc1cc(F)c(F)cc1F)Cc1cc(F)c(F)cc1F. The Balaban J connectivity index is 0.000000240. The standard InChI is InChI=1S/2C15H8F6O/c16-10-5-14(20)12(18)3-7(10)1-9(22)2-8-4-13(19)15(21)6-11(8)17;16-10-3-7(4-11(17)14(10)20)1-9(22)2-8-5-12(18)15(21)13(19)6-8/h2*3-6H,1-2H2. The molecular weight excluding hydrogens is 620 g/mol. The molecule has 0 aliphatic heterocycles. The van der Waals surface area contributed by atoms with Gasteiger partial charge in [0.15, 0.2) is 58.2 Å². The van der Waals surface area contributed by atoms with Crippen molar-refractivity contribution in [3.63, 3.8) is 0 Å². The molecule has 0 spiro atoms. The van der Waals surface area contributed by atoms with Gasteiger partial charge < -0.3 is 0 Å². The molecule has 14 heteroatoms. The van der Waals surface area contributed by atoms with Crippen LogP contribution in [0.25, 0.3) is 0 Å². The van der Waals surface area contributed by atoms with E-state index in [1.165, 1.54) is 0 Å². The molecule has 0 bridgehead atoms. The Morgan fingerprint density at radius 3 is 0.932 bits per heavy atom. The Morgan fingerprint density at radius 2 is 0.614 bits per heavy atom. The van der Waals surface area contributed by atoms with Gasteiger partial charge in [0.1, 0.15) is 23.2 Å². The van der Waals surface area contributed by atoms with Gasteiger partial charge in [0.05, 0.1) is 0 Å². The molecular formula is C30H16F12O2. The fourth-order valence-electron chi connectivity index (χ4n) is 3.82. The molecule has 0 fully saturated rings. The van der Waals surface area contributed by atoms with E-state index in [9.17, 15) is 62.3 Å². The fraction of sp³-hybridized carbons (Fsp3) is 0.133. The van der Waals surface area contributed by atoms with Gasteiger partial charge in [-0.05, 0) is 58.7 Å². The lowest BCUT2D eigenvalue weighted by molar-refractivity contribution is -0.118. The number of Topliss-reactive ketones (excluding diaryl/α,β-unsaturated/α-hetero) is 2. The third-order valence-corrected chi connectivity index (χ3v) is 5.84. The van der Waals surface area contributed by atoms with E-state index >= 15 is 0 Å². The van der Waals surface area contributed by atoms with E-state index < -0.39 is 118 Å². The molecule has 4 aromatic carbocycles. The Hall–Kier alpha value is -4.62. The molecule has 0 unspecified atom stereocenters. The van der Waals surface area contributed by atoms with Crippen molar-refractivity contribution in [2.75, 3.05) is 0 Å². The van der Waals surface area contributed by atoms with Crippen LogP contribution in [-0.4, -0.2) is 11.6 Å². The van der Waals surface area contributed by atoms with Crippen molar-refractivity contribution in [2.24, 2.45) is 0 Å². The summed E-state index contributed by atoms with van der Waals surface area (Å²) >= 11 is 0. The first kappa shape index (κ1) is 33.9. The van der Waals surface area contributed by atoms with Crippen LogP contribution in [-0.2, 0) is 35.3 Å². The number of rotatable bonds is 8. The maximum absolute atomic E-state index is 13.4. The van der Waals surface area contributed by atoms with Crippen molar-refractivity contribution in [1.29, 1.82) is 0 Å². The number of ketones is 2. The van der Waals surface area contributed by atoms with Gasteiger partial charge in [-0.25, -0.2) is 52.7 Å².